The Bertz CT molecular complexity index is 1310. The monoisotopic (exact) mass is 453 g/mol. The molecule has 2 aromatic rings. The number of ketones is 2. The van der Waals surface area contributed by atoms with Gasteiger partial charge in [-0.2, -0.15) is 0 Å². The number of nitrogens with zero attached hydrogens (tertiary/aromatic N) is 1. The molecule has 1 saturated carbocycles. The van der Waals surface area contributed by atoms with Gasteiger partial charge in [-0.3, -0.25) is 14.5 Å². The maximum Gasteiger partial charge on any atom is 0.206 e. The van der Waals surface area contributed by atoms with Crippen LogP contribution in [0.25, 0.3) is 10.8 Å². The molecule has 6 nitrogen and oxygen atoms in total. The Morgan fingerprint density at radius 3 is 2.41 bits per heavy atom. The summed E-state index contributed by atoms with van der Waals surface area (Å²) in [4.78, 5) is 29.3. The van der Waals surface area contributed by atoms with Crippen molar-refractivity contribution in [3.05, 3.63) is 50.7 Å². The van der Waals surface area contributed by atoms with Gasteiger partial charge in [-0.15, -0.1) is 0 Å². The maximum absolute atomic E-state index is 13.9. The number of aliphatic hydroxyl groups excluding tert-OH is 1. The molecule has 0 radical (unpaired) electrons. The second-order valence-corrected chi connectivity index (χ2v) is 10.4. The van der Waals surface area contributed by atoms with E-state index < -0.39 is 29.1 Å². The molecule has 0 aromatic heterocycles. The van der Waals surface area contributed by atoms with Gasteiger partial charge >= 0.3 is 0 Å². The van der Waals surface area contributed by atoms with Crippen LogP contribution in [0.4, 0.5) is 0 Å². The smallest absolute Gasteiger partial charge is 0.206 e. The molecule has 0 aliphatic heterocycles. The van der Waals surface area contributed by atoms with Crippen molar-refractivity contribution in [3.63, 3.8) is 0 Å². The number of phenols is 1. The van der Waals surface area contributed by atoms with Gasteiger partial charge in [-0.25, -0.2) is 0 Å². The summed E-state index contributed by atoms with van der Waals surface area (Å²) < 4.78 is 0. The van der Waals surface area contributed by atoms with E-state index in [-0.39, 0.29) is 40.9 Å². The Kier molecular flexibility index (Phi) is 3.87. The van der Waals surface area contributed by atoms with Gasteiger partial charge in [0.1, 0.15) is 11.5 Å². The topological polar surface area (TPSA) is 98.1 Å². The van der Waals surface area contributed by atoms with Gasteiger partial charge in [0, 0.05) is 27.3 Å². The summed E-state index contributed by atoms with van der Waals surface area (Å²) in [5.74, 6) is -3.02. The molecule has 0 spiro atoms. The Morgan fingerprint density at radius 2 is 1.78 bits per heavy atom. The molecule has 4 aliphatic carbocycles. The summed E-state index contributed by atoms with van der Waals surface area (Å²) in [5.41, 5.74) is 0.122. The van der Waals surface area contributed by atoms with Crippen molar-refractivity contribution in [2.45, 2.75) is 43.7 Å². The molecule has 0 saturated heterocycles. The molecular formula is C25H24ClNO5. The van der Waals surface area contributed by atoms with E-state index in [1.54, 1.807) is 25.1 Å². The molecule has 3 N–H and O–H groups in total. The van der Waals surface area contributed by atoms with Crippen molar-refractivity contribution in [1.29, 1.82) is 0 Å². The molecule has 4 bridgehead atoms. The van der Waals surface area contributed by atoms with Gasteiger partial charge in [0.15, 0.2) is 11.4 Å². The quantitative estimate of drug-likeness (QED) is 0.612. The van der Waals surface area contributed by atoms with Crippen LogP contribution in [-0.4, -0.2) is 57.5 Å². The van der Waals surface area contributed by atoms with E-state index in [2.05, 4.69) is 0 Å². The SMILES string of the molecule is Cc1c2c3c(O)c4c(ccc(Cl)c14)C1CC[C@H]1C1=C(O)C(O)(C3=O)C(C2)C(N(C)C)C1=O. The highest BCUT2D eigenvalue weighted by atomic mass is 35.5. The summed E-state index contributed by atoms with van der Waals surface area (Å²) in [6, 6.07) is 2.89. The molecule has 5 atom stereocenters. The second kappa shape index (κ2) is 6.13. The minimum absolute atomic E-state index is 0.0350. The fourth-order valence-electron chi connectivity index (χ4n) is 6.81. The number of fused-ring (bicyclic) bond motifs is 3. The predicted molar refractivity (Wildman–Crippen MR) is 119 cm³/mol. The lowest BCUT2D eigenvalue weighted by Gasteiger charge is -2.51. The number of likely N-dealkylation sites (N-methyl/N-ethyl adjacent to an activating group) is 1. The first-order chi connectivity index (χ1) is 15.1. The first kappa shape index (κ1) is 20.2. The van der Waals surface area contributed by atoms with Crippen molar-refractivity contribution >= 4 is 33.9 Å². The predicted octanol–water partition coefficient (Wildman–Crippen LogP) is 3.43. The average molecular weight is 454 g/mol. The van der Waals surface area contributed by atoms with Crippen LogP contribution in [0, 0.1) is 18.8 Å². The van der Waals surface area contributed by atoms with E-state index in [0.717, 1.165) is 17.5 Å². The van der Waals surface area contributed by atoms with E-state index in [1.165, 1.54) is 0 Å². The first-order valence-corrected chi connectivity index (χ1v) is 11.4. The summed E-state index contributed by atoms with van der Waals surface area (Å²) >= 11 is 6.60. The Labute approximate surface area is 190 Å². The molecule has 7 heteroatoms. The van der Waals surface area contributed by atoms with Crippen molar-refractivity contribution in [2.75, 3.05) is 14.1 Å². The van der Waals surface area contributed by atoms with Crippen LogP contribution in [0.5, 0.6) is 5.75 Å². The highest BCUT2D eigenvalue weighted by molar-refractivity contribution is 6.36. The molecule has 1 fully saturated rings. The Morgan fingerprint density at radius 1 is 1.09 bits per heavy atom. The summed E-state index contributed by atoms with van der Waals surface area (Å²) in [6.07, 6.45) is 1.58. The van der Waals surface area contributed by atoms with Crippen molar-refractivity contribution in [1.82, 2.24) is 4.90 Å². The molecule has 6 rings (SSSR count). The second-order valence-electron chi connectivity index (χ2n) is 9.95. The Hall–Kier alpha value is -2.41. The van der Waals surface area contributed by atoms with E-state index in [0.29, 0.717) is 27.8 Å². The minimum atomic E-state index is -2.25. The van der Waals surface area contributed by atoms with Gasteiger partial charge < -0.3 is 15.3 Å². The normalized spacial score (nSPS) is 32.8. The number of benzene rings is 2. The number of aromatic hydroxyl groups is 1. The van der Waals surface area contributed by atoms with Crippen LogP contribution in [0.3, 0.4) is 0 Å². The van der Waals surface area contributed by atoms with Gasteiger partial charge in [-0.05, 0) is 74.9 Å². The van der Waals surface area contributed by atoms with Crippen LogP contribution in [0.2, 0.25) is 5.02 Å². The van der Waals surface area contributed by atoms with Gasteiger partial charge in [0.2, 0.25) is 5.78 Å². The largest absolute Gasteiger partial charge is 0.508 e. The molecule has 32 heavy (non-hydrogen) atoms. The van der Waals surface area contributed by atoms with Crippen LogP contribution in [-0.2, 0) is 11.2 Å². The molecule has 0 amide bonds. The molecule has 166 valence electrons. The summed E-state index contributed by atoms with van der Waals surface area (Å²) in [5, 5.41) is 36.3. The number of hydrogen-bond acceptors (Lipinski definition) is 6. The maximum atomic E-state index is 13.9. The van der Waals surface area contributed by atoms with E-state index in [4.69, 9.17) is 11.6 Å². The number of carbonyl (C=O) groups is 2. The molecule has 0 heterocycles. The number of aryl methyl sites for hydroxylation is 1. The van der Waals surface area contributed by atoms with Gasteiger partial charge in [0.05, 0.1) is 11.6 Å². The molecule has 4 unspecified atom stereocenters. The third-order valence-electron chi connectivity index (χ3n) is 8.46. The van der Waals surface area contributed by atoms with E-state index >= 15 is 0 Å². The fourth-order valence-corrected chi connectivity index (χ4v) is 7.11. The third kappa shape index (κ3) is 2.05. The number of halogens is 1. The summed E-state index contributed by atoms with van der Waals surface area (Å²) in [7, 11) is 3.50. The Balaban J connectivity index is 1.84. The summed E-state index contributed by atoms with van der Waals surface area (Å²) in [6.45, 7) is 1.87. The minimum Gasteiger partial charge on any atom is -0.508 e. The van der Waals surface area contributed by atoms with Crippen LogP contribution < -0.4 is 0 Å². The highest BCUT2D eigenvalue weighted by Crippen LogP contribution is 2.58. The molecule has 4 aliphatic rings. The fraction of sp³-hybridized carbons (Fsp3) is 0.440. The average Bonchev–Trinajstić information content (AvgIpc) is 2.71. The zero-order chi connectivity index (χ0) is 22.9. The standard InChI is InChI=1S/C25H24ClNO5/c1-9-13-8-14-20(27(2)3)22(29)18-12-5-4-10(12)11-6-7-15(26)16(9)17(11)21(28)19(13)24(31)25(14,32)23(18)30/h6-7,10,12,14,20,28,30,32H,4-5,8H2,1-3H3/t10?,12-,14?,20?,25?/m1/s1. The lowest BCUT2D eigenvalue weighted by molar-refractivity contribution is -0.130. The number of rotatable bonds is 1. The zero-order valence-corrected chi connectivity index (χ0v) is 18.8. The van der Waals surface area contributed by atoms with Crippen LogP contribution in [0.15, 0.2) is 23.5 Å². The van der Waals surface area contributed by atoms with E-state index in [1.807, 2.05) is 13.0 Å². The van der Waals surface area contributed by atoms with Crippen LogP contribution >= 0.6 is 11.6 Å². The number of aliphatic hydroxyl groups is 2. The molecule has 2 aromatic carbocycles. The lowest BCUT2D eigenvalue weighted by atomic mass is 9.55. The highest BCUT2D eigenvalue weighted by Gasteiger charge is 2.63. The van der Waals surface area contributed by atoms with Crippen molar-refractivity contribution in [2.24, 2.45) is 11.8 Å². The zero-order valence-electron chi connectivity index (χ0n) is 18.1. The van der Waals surface area contributed by atoms with Crippen molar-refractivity contribution < 1.29 is 24.9 Å². The van der Waals surface area contributed by atoms with Crippen LogP contribution in [0.1, 0.15) is 45.8 Å². The van der Waals surface area contributed by atoms with Gasteiger partial charge in [0.25, 0.3) is 0 Å². The third-order valence-corrected chi connectivity index (χ3v) is 8.77. The number of hydrogen-bond donors (Lipinski definition) is 3. The molecular weight excluding hydrogens is 430 g/mol. The number of Topliss-reactive ketones (excluding diaryl/α,β-unsaturated/α-hetero) is 2. The van der Waals surface area contributed by atoms with Crippen molar-refractivity contribution in [3.8, 4) is 5.75 Å². The van der Waals surface area contributed by atoms with E-state index in [9.17, 15) is 24.9 Å². The van der Waals surface area contributed by atoms with Gasteiger partial charge in [-0.1, -0.05) is 17.7 Å². The first-order valence-electron chi connectivity index (χ1n) is 11.0. The number of phenolic OH excluding ortho intramolecular Hbond substituents is 1. The lowest BCUT2D eigenvalue weighted by Crippen LogP contribution is -2.65. The number of carbonyl (C=O) groups excluding carboxylic acids is 2.